The lowest BCUT2D eigenvalue weighted by Crippen LogP contribution is -2.31. The van der Waals surface area contributed by atoms with Gasteiger partial charge in [-0.05, 0) is 18.1 Å². The normalized spacial score (nSPS) is 14.4. The molecule has 3 N–H and O–H groups in total. The summed E-state index contributed by atoms with van der Waals surface area (Å²) in [5.41, 5.74) is 6.05. The highest BCUT2D eigenvalue weighted by Gasteiger charge is 2.22. The first kappa shape index (κ1) is 15.7. The van der Waals surface area contributed by atoms with E-state index in [0.29, 0.717) is 10.6 Å². The Labute approximate surface area is 106 Å². The van der Waals surface area contributed by atoms with Crippen LogP contribution in [0, 0.1) is 11.7 Å². The number of halogens is 3. The molecule has 0 spiro atoms. The summed E-state index contributed by atoms with van der Waals surface area (Å²) < 4.78 is 13.4. The van der Waals surface area contributed by atoms with Crippen LogP contribution in [-0.4, -0.2) is 11.2 Å². The van der Waals surface area contributed by atoms with Crippen molar-refractivity contribution in [1.29, 1.82) is 0 Å². The summed E-state index contributed by atoms with van der Waals surface area (Å²) in [4.78, 5) is 0. The Morgan fingerprint density at radius 1 is 1.38 bits per heavy atom. The van der Waals surface area contributed by atoms with Gasteiger partial charge in [0.05, 0.1) is 12.1 Å². The van der Waals surface area contributed by atoms with Crippen LogP contribution in [0.1, 0.15) is 25.5 Å². The Hall–Kier alpha value is -0.350. The van der Waals surface area contributed by atoms with Gasteiger partial charge in [-0.25, -0.2) is 4.39 Å². The van der Waals surface area contributed by atoms with Crippen molar-refractivity contribution in [2.75, 3.05) is 0 Å². The Kier molecular flexibility index (Phi) is 6.26. The Balaban J connectivity index is 0.00000225. The van der Waals surface area contributed by atoms with Crippen molar-refractivity contribution >= 4 is 24.0 Å². The first-order chi connectivity index (χ1) is 6.93. The predicted molar refractivity (Wildman–Crippen MR) is 66.4 cm³/mol. The molecule has 0 bridgehead atoms. The first-order valence-corrected chi connectivity index (χ1v) is 5.20. The minimum absolute atomic E-state index is 0. The fourth-order valence-electron chi connectivity index (χ4n) is 1.37. The van der Waals surface area contributed by atoms with Gasteiger partial charge in [0.25, 0.3) is 0 Å². The fourth-order valence-corrected chi connectivity index (χ4v) is 1.53. The minimum atomic E-state index is -0.763. The summed E-state index contributed by atoms with van der Waals surface area (Å²) in [6, 6.07) is 3.55. The van der Waals surface area contributed by atoms with Crippen LogP contribution in [0.2, 0.25) is 5.02 Å². The highest BCUT2D eigenvalue weighted by Crippen LogP contribution is 2.24. The third kappa shape index (κ3) is 3.59. The number of rotatable bonds is 3. The SMILES string of the molecule is CC(C)[C@H](O)[C@H](N)c1ccc(Cl)cc1F.Cl. The lowest BCUT2D eigenvalue weighted by Gasteiger charge is -2.22. The quantitative estimate of drug-likeness (QED) is 0.885. The van der Waals surface area contributed by atoms with Crippen LogP contribution in [-0.2, 0) is 0 Å². The van der Waals surface area contributed by atoms with Gasteiger partial charge < -0.3 is 10.8 Å². The van der Waals surface area contributed by atoms with Crippen LogP contribution in [0.3, 0.4) is 0 Å². The number of aliphatic hydroxyl groups excluding tert-OH is 1. The highest BCUT2D eigenvalue weighted by atomic mass is 35.5. The van der Waals surface area contributed by atoms with Gasteiger partial charge in [0.15, 0.2) is 0 Å². The molecule has 0 saturated carbocycles. The second kappa shape index (κ2) is 6.40. The van der Waals surface area contributed by atoms with Gasteiger partial charge in [0.2, 0.25) is 0 Å². The van der Waals surface area contributed by atoms with Crippen molar-refractivity contribution in [3.63, 3.8) is 0 Å². The molecule has 0 amide bonds. The van der Waals surface area contributed by atoms with E-state index < -0.39 is 18.0 Å². The van der Waals surface area contributed by atoms with Gasteiger partial charge >= 0.3 is 0 Å². The standard InChI is InChI=1S/C11H15ClFNO.ClH/c1-6(2)11(15)10(14)8-4-3-7(12)5-9(8)13;/h3-6,10-11,15H,14H2,1-2H3;1H/t10-,11+;/m1./s1. The largest absolute Gasteiger partial charge is 0.391 e. The monoisotopic (exact) mass is 267 g/mol. The van der Waals surface area contributed by atoms with Gasteiger partial charge in [0, 0.05) is 10.6 Å². The summed E-state index contributed by atoms with van der Waals surface area (Å²) in [6.45, 7) is 3.66. The fraction of sp³-hybridized carbons (Fsp3) is 0.455. The zero-order valence-corrected chi connectivity index (χ0v) is 10.7. The van der Waals surface area contributed by atoms with Crippen molar-refractivity contribution in [3.05, 3.63) is 34.6 Å². The molecule has 0 fully saturated rings. The molecule has 1 aromatic carbocycles. The van der Waals surface area contributed by atoms with Gasteiger partial charge in [-0.2, -0.15) is 0 Å². The number of hydrogen-bond donors (Lipinski definition) is 2. The topological polar surface area (TPSA) is 46.2 Å². The molecule has 0 saturated heterocycles. The summed E-state index contributed by atoms with van der Waals surface area (Å²) in [5.74, 6) is -0.496. The molecule has 0 aliphatic carbocycles. The molecule has 0 heterocycles. The molecule has 0 aliphatic rings. The van der Waals surface area contributed by atoms with Crippen molar-refractivity contribution in [2.45, 2.75) is 26.0 Å². The molecular weight excluding hydrogens is 252 g/mol. The van der Waals surface area contributed by atoms with Crippen LogP contribution >= 0.6 is 24.0 Å². The molecule has 1 aromatic rings. The van der Waals surface area contributed by atoms with E-state index in [-0.39, 0.29) is 18.3 Å². The van der Waals surface area contributed by atoms with Crippen molar-refractivity contribution in [2.24, 2.45) is 11.7 Å². The second-order valence-corrected chi connectivity index (χ2v) is 4.36. The van der Waals surface area contributed by atoms with Gasteiger partial charge in [-0.15, -0.1) is 12.4 Å². The highest BCUT2D eigenvalue weighted by molar-refractivity contribution is 6.30. The van der Waals surface area contributed by atoms with Crippen LogP contribution in [0.25, 0.3) is 0 Å². The maximum atomic E-state index is 13.4. The molecule has 0 aliphatic heterocycles. The number of hydrogen-bond acceptors (Lipinski definition) is 2. The molecule has 2 atom stereocenters. The Bertz CT molecular complexity index is 347. The van der Waals surface area contributed by atoms with Crippen LogP contribution in [0.4, 0.5) is 4.39 Å². The smallest absolute Gasteiger partial charge is 0.129 e. The molecular formula is C11H16Cl2FNO. The van der Waals surface area contributed by atoms with E-state index in [4.69, 9.17) is 17.3 Å². The molecule has 0 unspecified atom stereocenters. The van der Waals surface area contributed by atoms with E-state index in [0.717, 1.165) is 0 Å². The van der Waals surface area contributed by atoms with E-state index in [1.807, 2.05) is 13.8 Å². The zero-order chi connectivity index (χ0) is 11.6. The Morgan fingerprint density at radius 3 is 2.38 bits per heavy atom. The number of nitrogens with two attached hydrogens (primary N) is 1. The molecule has 0 radical (unpaired) electrons. The van der Waals surface area contributed by atoms with Gasteiger partial charge in [-0.1, -0.05) is 31.5 Å². The molecule has 2 nitrogen and oxygen atoms in total. The maximum absolute atomic E-state index is 13.4. The summed E-state index contributed by atoms with van der Waals surface area (Å²) in [7, 11) is 0. The average Bonchev–Trinajstić information content (AvgIpc) is 2.15. The first-order valence-electron chi connectivity index (χ1n) is 4.82. The third-order valence-corrected chi connectivity index (χ3v) is 2.61. The predicted octanol–water partition coefficient (Wildman–Crippen LogP) is 2.92. The molecule has 0 aromatic heterocycles. The Morgan fingerprint density at radius 2 is 1.94 bits per heavy atom. The average molecular weight is 268 g/mol. The van der Waals surface area contributed by atoms with Gasteiger partial charge in [0.1, 0.15) is 5.82 Å². The molecule has 5 heteroatoms. The van der Waals surface area contributed by atoms with E-state index in [1.54, 1.807) is 6.07 Å². The molecule has 1 rings (SSSR count). The third-order valence-electron chi connectivity index (χ3n) is 2.37. The summed E-state index contributed by atoms with van der Waals surface area (Å²) in [6.07, 6.45) is -0.763. The maximum Gasteiger partial charge on any atom is 0.129 e. The van der Waals surface area contributed by atoms with Crippen molar-refractivity contribution < 1.29 is 9.50 Å². The molecule has 92 valence electrons. The van der Waals surface area contributed by atoms with E-state index in [9.17, 15) is 9.50 Å². The van der Waals surface area contributed by atoms with E-state index >= 15 is 0 Å². The van der Waals surface area contributed by atoms with E-state index in [1.165, 1.54) is 12.1 Å². The lowest BCUT2D eigenvalue weighted by molar-refractivity contribution is 0.0966. The van der Waals surface area contributed by atoms with Gasteiger partial charge in [-0.3, -0.25) is 0 Å². The van der Waals surface area contributed by atoms with Crippen LogP contribution in [0.15, 0.2) is 18.2 Å². The van der Waals surface area contributed by atoms with Crippen molar-refractivity contribution in [1.82, 2.24) is 0 Å². The summed E-state index contributed by atoms with van der Waals surface area (Å²) in [5, 5.41) is 10.0. The van der Waals surface area contributed by atoms with E-state index in [2.05, 4.69) is 0 Å². The second-order valence-electron chi connectivity index (χ2n) is 3.93. The lowest BCUT2D eigenvalue weighted by atomic mass is 9.94. The zero-order valence-electron chi connectivity index (χ0n) is 9.15. The molecule has 16 heavy (non-hydrogen) atoms. The van der Waals surface area contributed by atoms with Crippen LogP contribution in [0.5, 0.6) is 0 Å². The van der Waals surface area contributed by atoms with Crippen LogP contribution < -0.4 is 5.73 Å². The minimum Gasteiger partial charge on any atom is -0.391 e. The number of benzene rings is 1. The summed E-state index contributed by atoms with van der Waals surface area (Å²) >= 11 is 5.62. The van der Waals surface area contributed by atoms with Crippen molar-refractivity contribution in [3.8, 4) is 0 Å². The number of aliphatic hydroxyl groups is 1.